The molecule has 0 bridgehead atoms. The fourth-order valence-corrected chi connectivity index (χ4v) is 13.2. The average molecular weight is 1520 g/mol. The van der Waals surface area contributed by atoms with E-state index in [1.807, 2.05) is 14.1 Å². The van der Waals surface area contributed by atoms with E-state index in [0.717, 1.165) is 133 Å². The van der Waals surface area contributed by atoms with Gasteiger partial charge in [-0.3, -0.25) is 28.8 Å². The van der Waals surface area contributed by atoms with Gasteiger partial charge in [0.1, 0.15) is 12.2 Å². The zero-order chi connectivity index (χ0) is 77.3. The first-order chi connectivity index (χ1) is 51.1. The van der Waals surface area contributed by atoms with E-state index in [1.54, 1.807) is 0 Å². The molecule has 0 unspecified atom stereocenters. The van der Waals surface area contributed by atoms with Crippen LogP contribution in [0.25, 0.3) is 0 Å². The van der Waals surface area contributed by atoms with Gasteiger partial charge in [-0.1, -0.05) is 228 Å². The van der Waals surface area contributed by atoms with E-state index in [1.165, 1.54) is 285 Å². The van der Waals surface area contributed by atoms with E-state index >= 15 is 0 Å². The Morgan fingerprint density at radius 3 is 0.632 bits per heavy atom. The van der Waals surface area contributed by atoms with E-state index < -0.39 is 0 Å². The number of carbonyl (C=O) groups excluding carboxylic acids is 6. The number of methoxy groups -OCH3 is 4. The van der Waals surface area contributed by atoms with Crippen molar-refractivity contribution in [3.05, 3.63) is 48.6 Å². The summed E-state index contributed by atoms with van der Waals surface area (Å²) in [6.07, 6.45) is 90.6. The van der Waals surface area contributed by atoms with Gasteiger partial charge in [0.2, 0.25) is 0 Å². The van der Waals surface area contributed by atoms with Gasteiger partial charge in [0.05, 0.1) is 62.5 Å². The first-order valence-electron chi connectivity index (χ1n) is 43.8. The number of carbonyl (C=O) groups is 6. The lowest BCUT2D eigenvalue weighted by molar-refractivity contribution is -0.870. The molecule has 0 aliphatic rings. The van der Waals surface area contributed by atoms with E-state index in [4.69, 9.17) is 9.47 Å². The molecule has 0 N–H and O–H groups in total. The van der Waals surface area contributed by atoms with Gasteiger partial charge in [0, 0.05) is 38.5 Å². The number of ether oxygens (including phenoxy) is 6. The first kappa shape index (κ1) is 106. The number of unbranched alkanes of at least 4 members (excludes halogenated alkanes) is 44. The lowest BCUT2D eigenvalue weighted by Gasteiger charge is -2.24. The van der Waals surface area contributed by atoms with Gasteiger partial charge in [0.15, 0.2) is 0 Å². The van der Waals surface area contributed by atoms with E-state index in [2.05, 4.69) is 93.6 Å². The second kappa shape index (κ2) is 85.0. The predicted octanol–water partition coefficient (Wildman–Crippen LogP) is 22.0. The number of esters is 6. The summed E-state index contributed by atoms with van der Waals surface area (Å²) in [5.74, 6) is -0.387. The highest BCUT2D eigenvalue weighted by atomic mass is 35.5. The molecule has 622 valence electrons. The van der Waals surface area contributed by atoms with Crippen LogP contribution in [0.3, 0.4) is 0 Å². The van der Waals surface area contributed by atoms with Crippen LogP contribution < -0.4 is 12.4 Å². The summed E-state index contributed by atoms with van der Waals surface area (Å²) in [5.41, 5.74) is 0. The first-order valence-corrected chi connectivity index (χ1v) is 43.8. The number of hydrogen-bond donors (Lipinski definition) is 0. The minimum absolute atomic E-state index is 0. The number of rotatable bonds is 78. The third-order valence-corrected chi connectivity index (χ3v) is 20.0. The smallest absolute Gasteiger partial charge is 0.306 e. The van der Waals surface area contributed by atoms with Gasteiger partial charge in [-0.25, -0.2) is 0 Å². The summed E-state index contributed by atoms with van der Waals surface area (Å²) in [6, 6.07) is 0. The molecule has 0 amide bonds. The Bertz CT molecular complexity index is 1960. The minimum Gasteiger partial charge on any atom is -1.00 e. The molecular formula is C91H169ClN2O12. The second-order valence-corrected chi connectivity index (χ2v) is 31.5. The van der Waals surface area contributed by atoms with Crippen molar-refractivity contribution in [3.63, 3.8) is 0 Å². The molecular weight excluding hydrogens is 1350 g/mol. The summed E-state index contributed by atoms with van der Waals surface area (Å²) in [6.45, 7) is 1.92. The normalized spacial score (nSPS) is 11.7. The highest BCUT2D eigenvalue weighted by Gasteiger charge is 2.18. The van der Waals surface area contributed by atoms with Crippen LogP contribution in [-0.2, 0) is 57.2 Å². The molecule has 15 heteroatoms. The largest absolute Gasteiger partial charge is 1.00 e. The van der Waals surface area contributed by atoms with Crippen LogP contribution in [0.15, 0.2) is 48.6 Å². The average Bonchev–Trinajstić information content (AvgIpc) is 1.01. The molecule has 106 heavy (non-hydrogen) atoms. The fraction of sp³-hybridized carbons (Fsp3) is 0.846. The third-order valence-electron chi connectivity index (χ3n) is 20.0. The topological polar surface area (TPSA) is 161 Å². The van der Waals surface area contributed by atoms with Gasteiger partial charge in [-0.15, -0.1) is 0 Å². The van der Waals surface area contributed by atoms with Crippen molar-refractivity contribution < 1.29 is 74.1 Å². The molecule has 0 fully saturated rings. The molecule has 14 nitrogen and oxygen atoms in total. The molecule has 0 aliphatic heterocycles. The van der Waals surface area contributed by atoms with Crippen molar-refractivity contribution in [1.82, 2.24) is 4.90 Å². The van der Waals surface area contributed by atoms with Crippen LogP contribution in [0.1, 0.15) is 411 Å². The van der Waals surface area contributed by atoms with E-state index in [-0.39, 0.29) is 60.4 Å². The second-order valence-electron chi connectivity index (χ2n) is 31.5. The molecule has 0 heterocycles. The minimum atomic E-state index is -0.0924. The van der Waals surface area contributed by atoms with E-state index in [9.17, 15) is 28.8 Å². The van der Waals surface area contributed by atoms with Crippen LogP contribution >= 0.6 is 0 Å². The highest BCUT2D eigenvalue weighted by molar-refractivity contribution is 5.71. The van der Waals surface area contributed by atoms with Gasteiger partial charge in [-0.2, -0.15) is 0 Å². The van der Waals surface area contributed by atoms with Crippen LogP contribution in [-0.4, -0.2) is 134 Å². The Hall–Kier alpha value is -4.01. The van der Waals surface area contributed by atoms with Gasteiger partial charge >= 0.3 is 35.8 Å². The fourth-order valence-electron chi connectivity index (χ4n) is 13.2. The maximum absolute atomic E-state index is 12.7. The summed E-state index contributed by atoms with van der Waals surface area (Å²) in [4.78, 5) is 71.9. The Balaban J connectivity index is -0.00000198. The van der Waals surface area contributed by atoms with Gasteiger partial charge in [-0.05, 0) is 207 Å². The molecule has 0 saturated carbocycles. The maximum atomic E-state index is 12.7. The van der Waals surface area contributed by atoms with Crippen molar-refractivity contribution in [1.29, 1.82) is 0 Å². The standard InChI is InChI=1S/C46H86NO6.C45H83NO6.ClH/c1-47(2,3)42-36-41-46(50)53-43(37-32-28-24-20-16-12-8-6-10-14-18-22-26-30-34-39-44(48)51-4)38-33-29-25-21-17-13-9-7-11-15-19-23-27-31-35-40-45(49)52-5;1-46(2)41-35-40-45(49)52-42(36-31-27-23-19-15-11-7-5-9-13-17-21-25-29-33-38-43(47)50-3)37-32-28-24-20-16-12-8-6-10-14-18-22-26-30-34-39-44(48)51-4;/h6-7,10-11,43H,8-9,12-42H2,1-5H3;5-6,9-10,42H,7-8,11-41H2,1-4H3;1H/q+1;;/p-1/b10-6-,11-7-;9-5-,10-6-;. The number of nitrogens with zero attached hydrogens (tertiary/aromatic N) is 2. The zero-order valence-corrected chi connectivity index (χ0v) is 71.4. The summed E-state index contributed by atoms with van der Waals surface area (Å²) < 4.78 is 31.7. The van der Waals surface area contributed by atoms with Crippen molar-refractivity contribution in [2.45, 2.75) is 423 Å². The van der Waals surface area contributed by atoms with Crippen molar-refractivity contribution >= 4 is 35.8 Å². The molecule has 0 rings (SSSR count). The molecule has 0 saturated heterocycles. The van der Waals surface area contributed by atoms with Crippen LogP contribution in [0.5, 0.6) is 0 Å². The molecule has 0 spiro atoms. The summed E-state index contributed by atoms with van der Waals surface area (Å²) >= 11 is 0. The van der Waals surface area contributed by atoms with Crippen molar-refractivity contribution in [3.8, 4) is 0 Å². The van der Waals surface area contributed by atoms with Crippen LogP contribution in [0, 0.1) is 0 Å². The van der Waals surface area contributed by atoms with Crippen molar-refractivity contribution in [2.24, 2.45) is 0 Å². The lowest BCUT2D eigenvalue weighted by atomic mass is 10.0. The van der Waals surface area contributed by atoms with Crippen LogP contribution in [0.2, 0.25) is 0 Å². The Morgan fingerprint density at radius 2 is 0.434 bits per heavy atom. The quantitative estimate of drug-likeness (QED) is 0.0186. The van der Waals surface area contributed by atoms with Gasteiger partial charge in [0.25, 0.3) is 0 Å². The SMILES string of the molecule is COC(=O)CCCCCCC/C=C\CCCCCCCCC(CCCCCCCC/C=C\CCCCCCCC(=O)OC)OC(=O)CCCN(C)C.COC(=O)CCCCCCC/C=C\CCCCCCCCC(CCCCCCCC/C=C\CCCCCCCC(=O)OC)OC(=O)CCC[N+](C)(C)C.[Cl-]. The number of halogens is 1. The maximum Gasteiger partial charge on any atom is 0.306 e. The third kappa shape index (κ3) is 88.9. The molecule has 0 aromatic rings. The molecule has 0 aromatic heterocycles. The summed E-state index contributed by atoms with van der Waals surface area (Å²) in [5, 5.41) is 0. The molecule has 0 aliphatic carbocycles. The lowest BCUT2D eigenvalue weighted by Crippen LogP contribution is -3.00. The number of quaternary nitrogens is 1. The predicted molar refractivity (Wildman–Crippen MR) is 441 cm³/mol. The number of hydrogen-bond acceptors (Lipinski definition) is 13. The van der Waals surface area contributed by atoms with E-state index in [0.29, 0.717) is 38.5 Å². The van der Waals surface area contributed by atoms with Crippen molar-refractivity contribution in [2.75, 3.05) is 76.8 Å². The summed E-state index contributed by atoms with van der Waals surface area (Å²) in [7, 11) is 16.5. The highest BCUT2D eigenvalue weighted by Crippen LogP contribution is 2.22. The Labute approximate surface area is 659 Å². The number of allylic oxidation sites excluding steroid dienone is 8. The Morgan fingerprint density at radius 1 is 0.255 bits per heavy atom. The molecule has 0 aromatic carbocycles. The molecule has 0 radical (unpaired) electrons. The van der Waals surface area contributed by atoms with Crippen LogP contribution in [0.4, 0.5) is 0 Å². The monoisotopic (exact) mass is 1520 g/mol. The van der Waals surface area contributed by atoms with Gasteiger partial charge < -0.3 is 50.2 Å². The molecule has 0 atom stereocenters. The Kier molecular flexibility index (Phi) is 85.1. The zero-order valence-electron chi connectivity index (χ0n) is 70.6.